The predicted molar refractivity (Wildman–Crippen MR) is 102 cm³/mol. The van der Waals surface area contributed by atoms with Gasteiger partial charge in [0.2, 0.25) is 7.05 Å². The Morgan fingerprint density at radius 2 is 1.81 bits per heavy atom. The van der Waals surface area contributed by atoms with E-state index in [1.54, 1.807) is 4.90 Å². The number of carbonyl (C=O) groups excluding carboxylic acids is 2. The summed E-state index contributed by atoms with van der Waals surface area (Å²) in [4.78, 5) is 28.0. The van der Waals surface area contributed by atoms with Crippen LogP contribution in [0.15, 0.2) is 48.5 Å². The Morgan fingerprint density at radius 1 is 1.15 bits per heavy atom. The summed E-state index contributed by atoms with van der Waals surface area (Å²) >= 11 is 0. The second-order valence-electron chi connectivity index (χ2n) is 5.89. The maximum Gasteiger partial charge on any atom is 0.254 e. The maximum atomic E-state index is 12.4. The molecule has 1 aliphatic rings. The number of hydrogen-bond acceptors (Lipinski definition) is 2. The van der Waals surface area contributed by atoms with Crippen LogP contribution in [0.3, 0.4) is 0 Å². The van der Waals surface area contributed by atoms with Crippen molar-refractivity contribution in [3.63, 3.8) is 0 Å². The van der Waals surface area contributed by atoms with Crippen LogP contribution in [0.1, 0.15) is 34.0 Å². The van der Waals surface area contributed by atoms with Gasteiger partial charge in [0.05, 0.1) is 6.54 Å². The smallest absolute Gasteiger partial charge is 0.254 e. The highest BCUT2D eigenvalue weighted by Crippen LogP contribution is 2.20. The second-order valence-corrected chi connectivity index (χ2v) is 5.89. The van der Waals surface area contributed by atoms with Crippen molar-refractivity contribution in [2.45, 2.75) is 13.3 Å². The summed E-state index contributed by atoms with van der Waals surface area (Å²) in [7, 11) is 1.42. The van der Waals surface area contributed by atoms with E-state index < -0.39 is 0 Å². The number of hydrogen-bond donors (Lipinski definition) is 0. The molecule has 2 aromatic carbocycles. The van der Waals surface area contributed by atoms with Crippen LogP contribution >= 0.6 is 0 Å². The SMILES string of the molecule is CC(=O)CN1CCc2cc(C#Cc3ccccc3)ccc2C1=O.[C-]#[N+]C. The van der Waals surface area contributed by atoms with Crippen LogP contribution in [0.4, 0.5) is 0 Å². The fourth-order valence-corrected chi connectivity index (χ4v) is 2.70. The molecule has 0 N–H and O–H groups in total. The number of amides is 1. The summed E-state index contributed by atoms with van der Waals surface area (Å²) in [6.07, 6.45) is 0.759. The fraction of sp³-hybridized carbons (Fsp3) is 0.227. The molecule has 26 heavy (non-hydrogen) atoms. The minimum Gasteiger partial charge on any atom is -0.331 e. The second kappa shape index (κ2) is 9.20. The molecule has 0 aromatic heterocycles. The number of carbonyl (C=O) groups is 2. The average Bonchev–Trinajstić information content (AvgIpc) is 2.63. The number of fused-ring (bicyclic) bond motifs is 1. The van der Waals surface area contributed by atoms with Crippen LogP contribution in [0.2, 0.25) is 0 Å². The molecule has 0 aliphatic carbocycles. The van der Waals surface area contributed by atoms with Crippen LogP contribution in [0, 0.1) is 18.4 Å². The van der Waals surface area contributed by atoms with Crippen molar-refractivity contribution in [2.75, 3.05) is 20.1 Å². The molecule has 0 fully saturated rings. The third-order valence-electron chi connectivity index (χ3n) is 3.81. The van der Waals surface area contributed by atoms with E-state index in [2.05, 4.69) is 16.7 Å². The molecule has 1 amide bonds. The molecule has 0 spiro atoms. The molecule has 0 atom stereocenters. The first-order valence-corrected chi connectivity index (χ1v) is 8.29. The molecule has 0 saturated heterocycles. The Kier molecular flexibility index (Phi) is 6.71. The molecule has 0 saturated carbocycles. The van der Waals surface area contributed by atoms with E-state index >= 15 is 0 Å². The lowest BCUT2D eigenvalue weighted by molar-refractivity contribution is -0.117. The summed E-state index contributed by atoms with van der Waals surface area (Å²) < 4.78 is 0. The van der Waals surface area contributed by atoms with Crippen molar-refractivity contribution in [3.8, 4) is 11.8 Å². The minimum atomic E-state index is -0.0657. The van der Waals surface area contributed by atoms with Gasteiger partial charge in [-0.2, -0.15) is 0 Å². The Morgan fingerprint density at radius 3 is 2.46 bits per heavy atom. The van der Waals surface area contributed by atoms with E-state index in [0.717, 1.165) is 23.1 Å². The highest BCUT2D eigenvalue weighted by molar-refractivity contribution is 5.98. The first kappa shape index (κ1) is 19.0. The van der Waals surface area contributed by atoms with Crippen molar-refractivity contribution in [1.82, 2.24) is 4.90 Å². The van der Waals surface area contributed by atoms with Crippen molar-refractivity contribution < 1.29 is 9.59 Å². The van der Waals surface area contributed by atoms with Crippen molar-refractivity contribution in [1.29, 1.82) is 0 Å². The summed E-state index contributed by atoms with van der Waals surface area (Å²) in [6.45, 7) is 8.11. The highest BCUT2D eigenvalue weighted by atomic mass is 16.2. The van der Waals surface area contributed by atoms with E-state index in [9.17, 15) is 9.59 Å². The van der Waals surface area contributed by atoms with Crippen molar-refractivity contribution >= 4 is 11.7 Å². The molecule has 3 rings (SSSR count). The molecule has 4 nitrogen and oxygen atoms in total. The van der Waals surface area contributed by atoms with Gasteiger partial charge in [0.1, 0.15) is 5.78 Å². The molecule has 2 aromatic rings. The quantitative estimate of drug-likeness (QED) is 0.620. The zero-order valence-electron chi connectivity index (χ0n) is 15.0. The van der Waals surface area contributed by atoms with Gasteiger partial charge < -0.3 is 9.74 Å². The zero-order chi connectivity index (χ0) is 18.9. The fourth-order valence-electron chi connectivity index (χ4n) is 2.70. The average molecular weight is 344 g/mol. The van der Waals surface area contributed by atoms with Crippen LogP contribution in [0.5, 0.6) is 0 Å². The van der Waals surface area contributed by atoms with Gasteiger partial charge in [0.25, 0.3) is 5.91 Å². The number of ketones is 1. The van der Waals surface area contributed by atoms with Gasteiger partial charge >= 0.3 is 0 Å². The molecule has 1 aliphatic heterocycles. The van der Waals surface area contributed by atoms with E-state index in [-0.39, 0.29) is 18.2 Å². The zero-order valence-corrected chi connectivity index (χ0v) is 15.0. The lowest BCUT2D eigenvalue weighted by atomic mass is 9.96. The first-order valence-electron chi connectivity index (χ1n) is 8.29. The van der Waals surface area contributed by atoms with Crippen molar-refractivity contribution in [2.24, 2.45) is 0 Å². The number of benzene rings is 2. The predicted octanol–water partition coefficient (Wildman–Crippen LogP) is 3.21. The van der Waals surface area contributed by atoms with Gasteiger partial charge in [-0.1, -0.05) is 30.0 Å². The molecule has 130 valence electrons. The summed E-state index contributed by atoms with van der Waals surface area (Å²) in [5.41, 5.74) is 3.56. The Balaban J connectivity index is 0.000000758. The van der Waals surface area contributed by atoms with E-state index in [0.29, 0.717) is 12.1 Å². The summed E-state index contributed by atoms with van der Waals surface area (Å²) in [5, 5.41) is 0. The van der Waals surface area contributed by atoms with Gasteiger partial charge in [-0.15, -0.1) is 0 Å². The number of rotatable bonds is 2. The Hall–Kier alpha value is -3.37. The van der Waals surface area contributed by atoms with Gasteiger partial charge in [0.15, 0.2) is 0 Å². The largest absolute Gasteiger partial charge is 0.331 e. The normalized spacial score (nSPS) is 11.9. The number of Topliss-reactive ketones (excluding diaryl/α,β-unsaturated/α-hetero) is 1. The standard InChI is InChI=1S/C20H17NO2.C2H3N/c1-15(22)14-21-12-11-18-13-17(9-10-19(18)20(21)23)8-7-16-5-3-2-4-6-16;1-3-2/h2-6,9-10,13H,11-12,14H2,1H3;1H3. The molecular weight excluding hydrogens is 324 g/mol. The molecule has 0 bridgehead atoms. The Labute approximate surface area is 154 Å². The molecular formula is C22H20N2O2. The van der Waals surface area contributed by atoms with Crippen LogP contribution in [0.25, 0.3) is 4.85 Å². The van der Waals surface area contributed by atoms with Gasteiger partial charge in [-0.25, -0.2) is 6.57 Å². The molecule has 0 radical (unpaired) electrons. The third kappa shape index (κ3) is 5.06. The van der Waals surface area contributed by atoms with Gasteiger partial charge in [-0.05, 0) is 49.2 Å². The number of nitrogens with zero attached hydrogens (tertiary/aromatic N) is 2. The molecule has 4 heteroatoms. The van der Waals surface area contributed by atoms with Gasteiger partial charge in [0, 0.05) is 23.2 Å². The van der Waals surface area contributed by atoms with E-state index in [4.69, 9.17) is 6.57 Å². The van der Waals surface area contributed by atoms with Crippen LogP contribution in [-0.4, -0.2) is 36.7 Å². The lowest BCUT2D eigenvalue weighted by Gasteiger charge is -2.27. The van der Waals surface area contributed by atoms with E-state index in [1.807, 2.05) is 48.5 Å². The lowest BCUT2D eigenvalue weighted by Crippen LogP contribution is -2.40. The summed E-state index contributed by atoms with van der Waals surface area (Å²) in [5.74, 6) is 6.21. The van der Waals surface area contributed by atoms with Crippen LogP contribution in [-0.2, 0) is 11.2 Å². The maximum absolute atomic E-state index is 12.4. The minimum absolute atomic E-state index is 0.00662. The third-order valence-corrected chi connectivity index (χ3v) is 3.81. The monoisotopic (exact) mass is 344 g/mol. The first-order chi connectivity index (χ1) is 12.5. The molecule has 0 unspecified atom stereocenters. The van der Waals surface area contributed by atoms with Gasteiger partial charge in [-0.3, -0.25) is 9.59 Å². The van der Waals surface area contributed by atoms with Crippen LogP contribution < -0.4 is 0 Å². The van der Waals surface area contributed by atoms with Crippen molar-refractivity contribution in [3.05, 3.63) is 82.2 Å². The highest BCUT2D eigenvalue weighted by Gasteiger charge is 2.24. The summed E-state index contributed by atoms with van der Waals surface area (Å²) in [6, 6.07) is 15.5. The van der Waals surface area contributed by atoms with E-state index in [1.165, 1.54) is 14.0 Å². The Bertz CT molecular complexity index is 899. The topological polar surface area (TPSA) is 41.7 Å². The molecule has 1 heterocycles.